The third kappa shape index (κ3) is 3.17. The molecule has 2 aromatic rings. The van der Waals surface area contributed by atoms with Crippen molar-refractivity contribution in [2.75, 3.05) is 6.54 Å². The Hall–Kier alpha value is -1.61. The molecular weight excluding hydrogens is 210 g/mol. The molecule has 3 heteroatoms. The molecule has 90 valence electrons. The van der Waals surface area contributed by atoms with Crippen LogP contribution in [0.25, 0.3) is 0 Å². The molecule has 1 atom stereocenters. The number of hydrogen-bond acceptors (Lipinski definition) is 2. The van der Waals surface area contributed by atoms with E-state index in [4.69, 9.17) is 0 Å². The molecule has 0 bridgehead atoms. The summed E-state index contributed by atoms with van der Waals surface area (Å²) in [5.74, 6) is 1.03. The lowest BCUT2D eigenvalue weighted by Gasteiger charge is -2.17. The number of benzene rings is 1. The van der Waals surface area contributed by atoms with Gasteiger partial charge in [0.2, 0.25) is 0 Å². The molecule has 0 aliphatic heterocycles. The van der Waals surface area contributed by atoms with E-state index in [0.717, 1.165) is 18.8 Å². The fraction of sp³-hybridized carbons (Fsp3) is 0.357. The molecule has 0 fully saturated rings. The minimum atomic E-state index is 0.325. The van der Waals surface area contributed by atoms with Gasteiger partial charge in [0.1, 0.15) is 5.82 Å². The molecule has 0 saturated heterocycles. The predicted molar refractivity (Wildman–Crippen MR) is 69.9 cm³/mol. The Morgan fingerprint density at radius 1 is 1.41 bits per heavy atom. The van der Waals surface area contributed by atoms with Gasteiger partial charge in [0.25, 0.3) is 0 Å². The Labute approximate surface area is 102 Å². The van der Waals surface area contributed by atoms with Crippen molar-refractivity contribution >= 4 is 0 Å². The van der Waals surface area contributed by atoms with Crippen molar-refractivity contribution in [2.45, 2.75) is 26.3 Å². The summed E-state index contributed by atoms with van der Waals surface area (Å²) in [7, 11) is 0. The van der Waals surface area contributed by atoms with Crippen molar-refractivity contribution in [1.29, 1.82) is 0 Å². The normalized spacial score (nSPS) is 12.6. The maximum absolute atomic E-state index is 4.29. The lowest BCUT2D eigenvalue weighted by molar-refractivity contribution is 0.539. The zero-order valence-electron chi connectivity index (χ0n) is 10.4. The highest BCUT2D eigenvalue weighted by Gasteiger charge is 2.12. The molecule has 0 spiro atoms. The number of likely N-dealkylation sites (N-methyl/N-ethyl adjacent to an activating group) is 1. The average Bonchev–Trinajstić information content (AvgIpc) is 2.81. The molecule has 1 heterocycles. The second-order valence-electron chi connectivity index (χ2n) is 4.26. The lowest BCUT2D eigenvalue weighted by atomic mass is 10.0. The standard InChI is InChI=1S/C14H19N3/c1-3-15-13(10-14-16-7-8-17-14)12-6-4-5-11(2)9-12/h4-9,13,15H,3,10H2,1-2H3,(H,16,17). The van der Waals surface area contributed by atoms with Crippen LogP contribution in [0.15, 0.2) is 36.7 Å². The van der Waals surface area contributed by atoms with E-state index in [9.17, 15) is 0 Å². The molecular formula is C14H19N3. The molecule has 3 nitrogen and oxygen atoms in total. The van der Waals surface area contributed by atoms with Gasteiger partial charge >= 0.3 is 0 Å². The summed E-state index contributed by atoms with van der Waals surface area (Å²) in [6, 6.07) is 8.96. The Bertz CT molecular complexity index is 448. The van der Waals surface area contributed by atoms with E-state index in [-0.39, 0.29) is 0 Å². The topological polar surface area (TPSA) is 40.7 Å². The third-order valence-electron chi connectivity index (χ3n) is 2.85. The van der Waals surface area contributed by atoms with Crippen LogP contribution in [0.2, 0.25) is 0 Å². The number of rotatable bonds is 5. The summed E-state index contributed by atoms with van der Waals surface area (Å²) in [6.07, 6.45) is 4.56. The number of H-pyrrole nitrogens is 1. The van der Waals surface area contributed by atoms with Crippen LogP contribution >= 0.6 is 0 Å². The summed E-state index contributed by atoms with van der Waals surface area (Å²) >= 11 is 0. The molecule has 0 radical (unpaired) electrons. The zero-order chi connectivity index (χ0) is 12.1. The molecule has 0 aliphatic rings. The van der Waals surface area contributed by atoms with Crippen molar-refractivity contribution in [1.82, 2.24) is 15.3 Å². The molecule has 0 aliphatic carbocycles. The number of aromatic amines is 1. The monoisotopic (exact) mass is 229 g/mol. The maximum Gasteiger partial charge on any atom is 0.107 e. The zero-order valence-corrected chi connectivity index (χ0v) is 10.4. The van der Waals surface area contributed by atoms with Crippen LogP contribution in [-0.4, -0.2) is 16.5 Å². The van der Waals surface area contributed by atoms with Crippen LogP contribution < -0.4 is 5.32 Å². The quantitative estimate of drug-likeness (QED) is 0.827. The van der Waals surface area contributed by atoms with Gasteiger partial charge in [-0.15, -0.1) is 0 Å². The molecule has 0 saturated carbocycles. The van der Waals surface area contributed by atoms with Gasteiger partial charge in [-0.1, -0.05) is 36.8 Å². The van der Waals surface area contributed by atoms with Gasteiger partial charge in [-0.3, -0.25) is 0 Å². The van der Waals surface area contributed by atoms with E-state index in [1.165, 1.54) is 11.1 Å². The molecule has 1 aromatic carbocycles. The van der Waals surface area contributed by atoms with Crippen LogP contribution in [0.3, 0.4) is 0 Å². The minimum Gasteiger partial charge on any atom is -0.349 e. The summed E-state index contributed by atoms with van der Waals surface area (Å²) in [6.45, 7) is 5.21. The van der Waals surface area contributed by atoms with Crippen LogP contribution in [-0.2, 0) is 6.42 Å². The molecule has 2 rings (SSSR count). The predicted octanol–water partition coefficient (Wildman–Crippen LogP) is 2.61. The fourth-order valence-corrected chi connectivity index (χ4v) is 2.04. The minimum absolute atomic E-state index is 0.325. The Morgan fingerprint density at radius 2 is 2.29 bits per heavy atom. The van der Waals surface area contributed by atoms with Gasteiger partial charge in [0.05, 0.1) is 0 Å². The van der Waals surface area contributed by atoms with E-state index in [0.29, 0.717) is 6.04 Å². The average molecular weight is 229 g/mol. The van der Waals surface area contributed by atoms with Gasteiger partial charge in [-0.25, -0.2) is 4.98 Å². The van der Waals surface area contributed by atoms with E-state index >= 15 is 0 Å². The van der Waals surface area contributed by atoms with Gasteiger partial charge in [0.15, 0.2) is 0 Å². The first-order valence-corrected chi connectivity index (χ1v) is 6.07. The number of nitrogens with zero attached hydrogens (tertiary/aromatic N) is 1. The van der Waals surface area contributed by atoms with Gasteiger partial charge in [-0.05, 0) is 19.0 Å². The largest absolute Gasteiger partial charge is 0.349 e. The Balaban J connectivity index is 2.16. The molecule has 2 N–H and O–H groups in total. The molecule has 1 aromatic heterocycles. The third-order valence-corrected chi connectivity index (χ3v) is 2.85. The van der Waals surface area contributed by atoms with Crippen LogP contribution in [0, 0.1) is 6.92 Å². The first-order chi connectivity index (χ1) is 8.29. The SMILES string of the molecule is CCNC(Cc1ncc[nH]1)c1cccc(C)c1. The second kappa shape index (κ2) is 5.64. The van der Waals surface area contributed by atoms with Crippen LogP contribution in [0.1, 0.15) is 29.9 Å². The summed E-state index contributed by atoms with van der Waals surface area (Å²) in [5, 5.41) is 3.50. The van der Waals surface area contributed by atoms with Crippen molar-refractivity contribution in [2.24, 2.45) is 0 Å². The summed E-state index contributed by atoms with van der Waals surface area (Å²) in [5.41, 5.74) is 2.62. The van der Waals surface area contributed by atoms with Gasteiger partial charge in [0, 0.05) is 24.9 Å². The van der Waals surface area contributed by atoms with Crippen LogP contribution in [0.4, 0.5) is 0 Å². The Kier molecular flexibility index (Phi) is 3.94. The number of aryl methyl sites for hydroxylation is 1. The number of aromatic nitrogens is 2. The fourth-order valence-electron chi connectivity index (χ4n) is 2.04. The molecule has 0 amide bonds. The highest BCUT2D eigenvalue weighted by atomic mass is 14.9. The van der Waals surface area contributed by atoms with E-state index < -0.39 is 0 Å². The first-order valence-electron chi connectivity index (χ1n) is 6.07. The van der Waals surface area contributed by atoms with Crippen molar-refractivity contribution in [3.63, 3.8) is 0 Å². The van der Waals surface area contributed by atoms with E-state index in [1.54, 1.807) is 6.20 Å². The highest BCUT2D eigenvalue weighted by molar-refractivity contribution is 5.25. The van der Waals surface area contributed by atoms with Crippen molar-refractivity contribution in [3.05, 3.63) is 53.6 Å². The Morgan fingerprint density at radius 3 is 2.94 bits per heavy atom. The van der Waals surface area contributed by atoms with E-state index in [1.807, 2.05) is 6.20 Å². The number of nitrogens with one attached hydrogen (secondary N) is 2. The first kappa shape index (κ1) is 11.9. The number of hydrogen-bond donors (Lipinski definition) is 2. The van der Waals surface area contributed by atoms with Gasteiger partial charge < -0.3 is 10.3 Å². The molecule has 17 heavy (non-hydrogen) atoms. The number of imidazole rings is 1. The second-order valence-corrected chi connectivity index (χ2v) is 4.26. The van der Waals surface area contributed by atoms with E-state index in [2.05, 4.69) is 53.4 Å². The summed E-state index contributed by atoms with van der Waals surface area (Å²) < 4.78 is 0. The van der Waals surface area contributed by atoms with Crippen molar-refractivity contribution in [3.8, 4) is 0 Å². The van der Waals surface area contributed by atoms with Gasteiger partial charge in [-0.2, -0.15) is 0 Å². The van der Waals surface area contributed by atoms with Crippen molar-refractivity contribution < 1.29 is 0 Å². The maximum atomic E-state index is 4.29. The summed E-state index contributed by atoms with van der Waals surface area (Å²) in [4.78, 5) is 7.45. The smallest absolute Gasteiger partial charge is 0.107 e. The highest BCUT2D eigenvalue weighted by Crippen LogP contribution is 2.17. The lowest BCUT2D eigenvalue weighted by Crippen LogP contribution is -2.23. The van der Waals surface area contributed by atoms with Crippen LogP contribution in [0.5, 0.6) is 0 Å². The molecule has 1 unspecified atom stereocenters.